The Morgan fingerprint density at radius 3 is 2.73 bits per heavy atom. The fourth-order valence-electron chi connectivity index (χ4n) is 2.50. The molecule has 3 rings (SSSR count). The predicted molar refractivity (Wildman–Crippen MR) is 112 cm³/mol. The number of carbonyl (C=O) groups excluding carboxylic acids is 1. The normalized spacial score (nSPS) is 11.1. The second-order valence-corrected chi connectivity index (χ2v) is 6.92. The molecule has 1 amide bonds. The molecule has 0 aliphatic heterocycles. The first-order valence-corrected chi connectivity index (χ1v) is 9.51. The van der Waals surface area contributed by atoms with Gasteiger partial charge in [-0.15, -0.1) is 10.2 Å². The molecule has 0 saturated heterocycles. The zero-order chi connectivity index (χ0) is 21.3. The van der Waals surface area contributed by atoms with E-state index < -0.39 is 0 Å². The fraction of sp³-hybridized carbons (Fsp3) is 0.286. The van der Waals surface area contributed by atoms with Gasteiger partial charge in [0, 0.05) is 5.56 Å². The van der Waals surface area contributed by atoms with E-state index in [0.717, 1.165) is 11.1 Å². The summed E-state index contributed by atoms with van der Waals surface area (Å²) in [5.41, 5.74) is 4.04. The molecular formula is C21H24N6O3. The highest BCUT2D eigenvalue weighted by Crippen LogP contribution is 2.27. The summed E-state index contributed by atoms with van der Waals surface area (Å²) in [5.74, 6) is 1.77. The van der Waals surface area contributed by atoms with Crippen LogP contribution >= 0.6 is 0 Å². The van der Waals surface area contributed by atoms with E-state index in [1.807, 2.05) is 42.5 Å². The van der Waals surface area contributed by atoms with Crippen molar-refractivity contribution in [3.63, 3.8) is 0 Å². The Morgan fingerprint density at radius 2 is 2.00 bits per heavy atom. The number of hydrogen-bond acceptors (Lipinski definition) is 7. The van der Waals surface area contributed by atoms with Crippen LogP contribution in [0, 0.1) is 5.92 Å². The highest BCUT2D eigenvalue weighted by Gasteiger charge is 2.09. The molecule has 0 bridgehead atoms. The van der Waals surface area contributed by atoms with Gasteiger partial charge in [-0.2, -0.15) is 9.90 Å². The first-order chi connectivity index (χ1) is 14.5. The number of tetrazole rings is 1. The highest BCUT2D eigenvalue weighted by atomic mass is 16.5. The Hall–Kier alpha value is -3.75. The van der Waals surface area contributed by atoms with Gasteiger partial charge in [0.15, 0.2) is 11.5 Å². The minimum Gasteiger partial charge on any atom is -0.493 e. The Bertz CT molecular complexity index is 1000. The van der Waals surface area contributed by atoms with Crippen molar-refractivity contribution in [3.8, 4) is 22.9 Å². The van der Waals surface area contributed by atoms with Crippen LogP contribution in [-0.2, 0) is 11.3 Å². The molecule has 1 N–H and O–H groups in total. The van der Waals surface area contributed by atoms with E-state index in [9.17, 15) is 4.79 Å². The molecule has 0 aliphatic carbocycles. The second-order valence-electron chi connectivity index (χ2n) is 6.92. The lowest BCUT2D eigenvalue weighted by Gasteiger charge is -2.12. The van der Waals surface area contributed by atoms with Gasteiger partial charge in [0.05, 0.1) is 19.9 Å². The number of methoxy groups -OCH3 is 1. The van der Waals surface area contributed by atoms with Crippen molar-refractivity contribution < 1.29 is 14.3 Å². The van der Waals surface area contributed by atoms with Crippen LogP contribution in [0.2, 0.25) is 0 Å². The zero-order valence-corrected chi connectivity index (χ0v) is 17.1. The predicted octanol–water partition coefficient (Wildman–Crippen LogP) is 2.53. The Labute approximate surface area is 174 Å². The molecule has 9 nitrogen and oxygen atoms in total. The standard InChI is InChI=1S/C21H24N6O3/c1-15(2)14-30-18-10-9-16(11-19(18)29-3)12-22-23-20(28)13-27-25-21(24-26-27)17-7-5-4-6-8-17/h4-12,15H,13-14H2,1-3H3,(H,23,28)/b22-12-. The smallest absolute Gasteiger partial charge is 0.263 e. The van der Waals surface area contributed by atoms with Crippen LogP contribution in [0.25, 0.3) is 11.4 Å². The maximum absolute atomic E-state index is 12.1. The first-order valence-electron chi connectivity index (χ1n) is 9.51. The van der Waals surface area contributed by atoms with Crippen molar-refractivity contribution in [3.05, 3.63) is 54.1 Å². The molecular weight excluding hydrogens is 384 g/mol. The maximum atomic E-state index is 12.1. The number of carbonyl (C=O) groups is 1. The minimum absolute atomic E-state index is 0.0948. The van der Waals surface area contributed by atoms with Gasteiger partial charge >= 0.3 is 0 Å². The molecule has 1 aromatic heterocycles. The SMILES string of the molecule is COc1cc(/C=N\NC(=O)Cn2nnc(-c3ccccc3)n2)ccc1OCC(C)C. The maximum Gasteiger partial charge on any atom is 0.263 e. The van der Waals surface area contributed by atoms with Gasteiger partial charge in [0.2, 0.25) is 5.82 Å². The summed E-state index contributed by atoms with van der Waals surface area (Å²) in [6.07, 6.45) is 1.52. The Balaban J connectivity index is 1.55. The molecule has 0 unspecified atom stereocenters. The number of hydrogen-bond donors (Lipinski definition) is 1. The molecule has 0 saturated carbocycles. The molecule has 0 fully saturated rings. The summed E-state index contributed by atoms with van der Waals surface area (Å²) in [5, 5.41) is 16.0. The quantitative estimate of drug-likeness (QED) is 0.431. The highest BCUT2D eigenvalue weighted by molar-refractivity contribution is 5.83. The molecule has 9 heteroatoms. The van der Waals surface area contributed by atoms with E-state index >= 15 is 0 Å². The number of aromatic nitrogens is 4. The topological polar surface area (TPSA) is 104 Å². The molecule has 2 aromatic carbocycles. The average Bonchev–Trinajstić information content (AvgIpc) is 3.21. The van der Waals surface area contributed by atoms with E-state index in [4.69, 9.17) is 9.47 Å². The number of nitrogens with zero attached hydrogens (tertiary/aromatic N) is 5. The molecule has 156 valence electrons. The lowest BCUT2D eigenvalue weighted by Crippen LogP contribution is -2.24. The van der Waals surface area contributed by atoms with Crippen molar-refractivity contribution >= 4 is 12.1 Å². The summed E-state index contributed by atoms with van der Waals surface area (Å²) < 4.78 is 11.1. The monoisotopic (exact) mass is 408 g/mol. The summed E-state index contributed by atoms with van der Waals surface area (Å²) in [6.45, 7) is 4.66. The number of amides is 1. The summed E-state index contributed by atoms with van der Waals surface area (Å²) in [6, 6.07) is 14.9. The number of benzene rings is 2. The number of hydrazone groups is 1. The number of nitrogens with one attached hydrogen (secondary N) is 1. The van der Waals surface area contributed by atoms with Gasteiger partial charge in [0.1, 0.15) is 6.54 Å². The van der Waals surface area contributed by atoms with E-state index in [0.29, 0.717) is 29.8 Å². The van der Waals surface area contributed by atoms with Gasteiger partial charge in [-0.3, -0.25) is 4.79 Å². The number of ether oxygens (including phenoxy) is 2. The zero-order valence-electron chi connectivity index (χ0n) is 17.1. The van der Waals surface area contributed by atoms with Gasteiger partial charge in [0.25, 0.3) is 5.91 Å². The molecule has 30 heavy (non-hydrogen) atoms. The van der Waals surface area contributed by atoms with Crippen LogP contribution in [0.4, 0.5) is 0 Å². The fourth-order valence-corrected chi connectivity index (χ4v) is 2.50. The van der Waals surface area contributed by atoms with Crippen molar-refractivity contribution in [2.24, 2.45) is 11.0 Å². The van der Waals surface area contributed by atoms with Gasteiger partial charge in [-0.1, -0.05) is 44.2 Å². The van der Waals surface area contributed by atoms with Crippen molar-refractivity contribution in [1.82, 2.24) is 25.6 Å². The van der Waals surface area contributed by atoms with E-state index in [-0.39, 0.29) is 12.5 Å². The average molecular weight is 408 g/mol. The third kappa shape index (κ3) is 5.87. The van der Waals surface area contributed by atoms with Crippen LogP contribution in [0.5, 0.6) is 11.5 Å². The lowest BCUT2D eigenvalue weighted by atomic mass is 10.2. The Morgan fingerprint density at radius 1 is 1.20 bits per heavy atom. The number of rotatable bonds is 9. The summed E-state index contributed by atoms with van der Waals surface area (Å²) >= 11 is 0. The third-order valence-corrected chi connectivity index (χ3v) is 3.93. The largest absolute Gasteiger partial charge is 0.493 e. The summed E-state index contributed by atoms with van der Waals surface area (Å²) in [4.78, 5) is 13.3. The first kappa shape index (κ1) is 21.0. The van der Waals surface area contributed by atoms with Crippen molar-refractivity contribution in [1.29, 1.82) is 0 Å². The van der Waals surface area contributed by atoms with E-state index in [1.165, 1.54) is 11.0 Å². The van der Waals surface area contributed by atoms with Crippen LogP contribution in [0.3, 0.4) is 0 Å². The van der Waals surface area contributed by atoms with Crippen LogP contribution in [-0.4, -0.2) is 46.0 Å². The molecule has 3 aromatic rings. The van der Waals surface area contributed by atoms with E-state index in [1.54, 1.807) is 13.2 Å². The van der Waals surface area contributed by atoms with Gasteiger partial charge in [-0.25, -0.2) is 5.43 Å². The van der Waals surface area contributed by atoms with Crippen LogP contribution in [0.1, 0.15) is 19.4 Å². The van der Waals surface area contributed by atoms with Crippen molar-refractivity contribution in [2.45, 2.75) is 20.4 Å². The molecule has 0 atom stereocenters. The van der Waals surface area contributed by atoms with Crippen molar-refractivity contribution in [2.75, 3.05) is 13.7 Å². The Kier molecular flexibility index (Phi) is 7.09. The second kappa shape index (κ2) is 10.1. The molecule has 0 aliphatic rings. The molecule has 0 radical (unpaired) electrons. The third-order valence-electron chi connectivity index (χ3n) is 3.93. The lowest BCUT2D eigenvalue weighted by molar-refractivity contribution is -0.122. The minimum atomic E-state index is -0.368. The van der Waals surface area contributed by atoms with Crippen LogP contribution < -0.4 is 14.9 Å². The molecule has 0 spiro atoms. The van der Waals surface area contributed by atoms with E-state index in [2.05, 4.69) is 39.8 Å². The van der Waals surface area contributed by atoms with Gasteiger partial charge < -0.3 is 9.47 Å². The summed E-state index contributed by atoms with van der Waals surface area (Å²) in [7, 11) is 1.58. The molecule has 1 heterocycles. The van der Waals surface area contributed by atoms with Gasteiger partial charge in [-0.05, 0) is 34.9 Å². The van der Waals surface area contributed by atoms with Crippen LogP contribution in [0.15, 0.2) is 53.6 Å².